The summed E-state index contributed by atoms with van der Waals surface area (Å²) >= 11 is 0. The quantitative estimate of drug-likeness (QED) is 0.609. The molecule has 28 heavy (non-hydrogen) atoms. The van der Waals surface area contributed by atoms with Crippen LogP contribution >= 0.6 is 0 Å². The second kappa shape index (κ2) is 6.31. The second-order valence-corrected chi connectivity index (χ2v) is 7.76. The summed E-state index contributed by atoms with van der Waals surface area (Å²) in [4.78, 5) is 27.9. The number of amides is 1. The van der Waals surface area contributed by atoms with Crippen LogP contribution in [-0.4, -0.2) is 30.1 Å². The number of fused-ring (bicyclic) bond motifs is 1. The minimum absolute atomic E-state index is 0.0703. The summed E-state index contributed by atoms with van der Waals surface area (Å²) in [6.45, 7) is 2.62. The molecule has 0 aliphatic carbocycles. The van der Waals surface area contributed by atoms with Crippen LogP contribution in [0.5, 0.6) is 0 Å². The summed E-state index contributed by atoms with van der Waals surface area (Å²) in [5, 5.41) is 0. The van der Waals surface area contributed by atoms with Crippen LogP contribution in [0.4, 0.5) is 5.69 Å². The van der Waals surface area contributed by atoms with E-state index in [4.69, 9.17) is 9.47 Å². The van der Waals surface area contributed by atoms with E-state index in [9.17, 15) is 9.59 Å². The van der Waals surface area contributed by atoms with Gasteiger partial charge in [0.2, 0.25) is 5.91 Å². The van der Waals surface area contributed by atoms with Gasteiger partial charge in [-0.1, -0.05) is 54.6 Å². The van der Waals surface area contributed by atoms with Crippen molar-refractivity contribution in [3.8, 4) is 0 Å². The molecule has 2 aromatic rings. The number of esters is 1. The molecule has 142 valence electrons. The summed E-state index contributed by atoms with van der Waals surface area (Å²) < 4.78 is 11.7. The fraction of sp³-hybridized carbons (Fsp3) is 0.304. The maximum Gasteiger partial charge on any atom is 0.313 e. The highest BCUT2D eigenvalue weighted by Crippen LogP contribution is 2.53. The van der Waals surface area contributed by atoms with E-state index in [1.165, 1.54) is 0 Å². The van der Waals surface area contributed by atoms with Crippen LogP contribution in [0.25, 0.3) is 0 Å². The van der Waals surface area contributed by atoms with Gasteiger partial charge in [0, 0.05) is 5.69 Å². The van der Waals surface area contributed by atoms with Crippen LogP contribution in [0, 0.1) is 18.8 Å². The Morgan fingerprint density at radius 2 is 2.04 bits per heavy atom. The van der Waals surface area contributed by atoms with Crippen molar-refractivity contribution in [1.29, 1.82) is 0 Å². The van der Waals surface area contributed by atoms with Crippen molar-refractivity contribution in [2.24, 2.45) is 11.8 Å². The van der Waals surface area contributed by atoms with E-state index in [0.29, 0.717) is 6.54 Å². The monoisotopic (exact) mass is 375 g/mol. The summed E-state index contributed by atoms with van der Waals surface area (Å²) in [6, 6.07) is 17.4. The number of ether oxygens (including phenoxy) is 2. The van der Waals surface area contributed by atoms with Crippen molar-refractivity contribution in [3.63, 3.8) is 0 Å². The van der Waals surface area contributed by atoms with Gasteiger partial charge in [0.1, 0.15) is 18.1 Å². The minimum atomic E-state index is -0.734. The van der Waals surface area contributed by atoms with Crippen molar-refractivity contribution in [3.05, 3.63) is 77.9 Å². The zero-order valence-corrected chi connectivity index (χ0v) is 15.6. The molecule has 0 saturated carbocycles. The minimum Gasteiger partial charge on any atom is -0.460 e. The van der Waals surface area contributed by atoms with E-state index >= 15 is 0 Å². The number of aryl methyl sites for hydroxylation is 1. The van der Waals surface area contributed by atoms with Gasteiger partial charge < -0.3 is 14.4 Å². The lowest BCUT2D eigenvalue weighted by Crippen LogP contribution is -2.40. The molecule has 2 saturated heterocycles. The van der Waals surface area contributed by atoms with Crippen molar-refractivity contribution in [1.82, 2.24) is 0 Å². The molecule has 1 spiro atoms. The molecular weight excluding hydrogens is 354 g/mol. The average Bonchev–Trinajstić information content (AvgIpc) is 3.35. The highest BCUT2D eigenvalue weighted by molar-refractivity contribution is 6.02. The smallest absolute Gasteiger partial charge is 0.313 e. The van der Waals surface area contributed by atoms with E-state index in [0.717, 1.165) is 16.8 Å². The highest BCUT2D eigenvalue weighted by Gasteiger charge is 2.67. The lowest BCUT2D eigenvalue weighted by Gasteiger charge is -2.22. The third kappa shape index (κ3) is 2.58. The van der Waals surface area contributed by atoms with Crippen molar-refractivity contribution >= 4 is 17.6 Å². The highest BCUT2D eigenvalue weighted by atomic mass is 16.6. The molecule has 0 radical (unpaired) electrons. The zero-order valence-electron chi connectivity index (χ0n) is 15.6. The van der Waals surface area contributed by atoms with Crippen LogP contribution in [-0.2, 0) is 25.7 Å². The fourth-order valence-electron chi connectivity index (χ4n) is 4.61. The Kier molecular flexibility index (Phi) is 3.88. The molecular formula is C23H21NO4. The number of hydrogen-bond donors (Lipinski definition) is 0. The predicted molar refractivity (Wildman–Crippen MR) is 103 cm³/mol. The molecule has 3 heterocycles. The third-order valence-corrected chi connectivity index (χ3v) is 5.91. The molecule has 1 amide bonds. The number of hydrogen-bond acceptors (Lipinski definition) is 4. The van der Waals surface area contributed by atoms with Crippen molar-refractivity contribution < 1.29 is 19.1 Å². The van der Waals surface area contributed by atoms with Gasteiger partial charge in [0.25, 0.3) is 0 Å². The number of nitrogens with zero attached hydrogens (tertiary/aromatic N) is 1. The molecule has 3 aliphatic heterocycles. The Labute approximate surface area is 163 Å². The second-order valence-electron chi connectivity index (χ2n) is 7.76. The van der Waals surface area contributed by atoms with E-state index < -0.39 is 23.5 Å². The summed E-state index contributed by atoms with van der Waals surface area (Å²) in [7, 11) is 0. The van der Waals surface area contributed by atoms with E-state index in [1.54, 1.807) is 4.90 Å². The number of carbonyl (C=O) groups is 2. The SMILES string of the molecule is Cc1cccc(N2C[C@]34C=C[C@H](O3)[C@@H](C(=O)OCc3ccccc3)[C@@H]4C2=O)c1. The Bertz CT molecular complexity index is 970. The predicted octanol–water partition coefficient (Wildman–Crippen LogP) is 3.02. The maximum absolute atomic E-state index is 13.3. The molecule has 4 atom stereocenters. The molecule has 5 nitrogen and oxygen atoms in total. The van der Waals surface area contributed by atoms with Crippen molar-refractivity contribution in [2.45, 2.75) is 25.2 Å². The first-order valence-electron chi connectivity index (χ1n) is 9.53. The van der Waals surface area contributed by atoms with Crippen LogP contribution in [0.1, 0.15) is 11.1 Å². The van der Waals surface area contributed by atoms with Gasteiger partial charge in [0.05, 0.1) is 18.6 Å². The zero-order chi connectivity index (χ0) is 19.3. The van der Waals surface area contributed by atoms with Crippen molar-refractivity contribution in [2.75, 3.05) is 11.4 Å². The lowest BCUT2D eigenvalue weighted by molar-refractivity contribution is -0.153. The van der Waals surface area contributed by atoms with Gasteiger partial charge in [-0.05, 0) is 30.2 Å². The van der Waals surface area contributed by atoms with E-state index in [2.05, 4.69) is 0 Å². The lowest BCUT2D eigenvalue weighted by atomic mass is 9.77. The molecule has 3 aliphatic rings. The van der Waals surface area contributed by atoms with E-state index in [-0.39, 0.29) is 18.5 Å². The molecule has 0 aromatic heterocycles. The van der Waals surface area contributed by atoms with Gasteiger partial charge in [-0.2, -0.15) is 0 Å². The number of anilines is 1. The van der Waals surface area contributed by atoms with Crippen LogP contribution in [0.15, 0.2) is 66.7 Å². The fourth-order valence-corrected chi connectivity index (χ4v) is 4.61. The Balaban J connectivity index is 1.39. The molecule has 2 fully saturated rings. The molecule has 0 unspecified atom stereocenters. The third-order valence-electron chi connectivity index (χ3n) is 5.91. The molecule has 2 aromatic carbocycles. The topological polar surface area (TPSA) is 55.8 Å². The summed E-state index contributed by atoms with van der Waals surface area (Å²) in [5.41, 5.74) is 2.11. The Morgan fingerprint density at radius 3 is 2.82 bits per heavy atom. The molecule has 5 rings (SSSR count). The molecule has 0 N–H and O–H groups in total. The van der Waals surface area contributed by atoms with Gasteiger partial charge in [-0.3, -0.25) is 9.59 Å². The number of carbonyl (C=O) groups excluding carboxylic acids is 2. The average molecular weight is 375 g/mol. The molecule has 5 heteroatoms. The first kappa shape index (κ1) is 17.2. The van der Waals surface area contributed by atoms with Gasteiger partial charge in [-0.25, -0.2) is 0 Å². The van der Waals surface area contributed by atoms with Crippen LogP contribution < -0.4 is 4.90 Å². The normalized spacial score (nSPS) is 30.0. The maximum atomic E-state index is 13.3. The van der Waals surface area contributed by atoms with E-state index in [1.807, 2.05) is 73.7 Å². The summed E-state index contributed by atoms with van der Waals surface area (Å²) in [6.07, 6.45) is 3.46. The van der Waals surface area contributed by atoms with Gasteiger partial charge in [-0.15, -0.1) is 0 Å². The number of rotatable bonds is 4. The number of benzene rings is 2. The first-order valence-corrected chi connectivity index (χ1v) is 9.53. The van der Waals surface area contributed by atoms with Crippen LogP contribution in [0.2, 0.25) is 0 Å². The first-order chi connectivity index (χ1) is 13.6. The largest absolute Gasteiger partial charge is 0.460 e. The molecule has 2 bridgehead atoms. The van der Waals surface area contributed by atoms with Gasteiger partial charge in [0.15, 0.2) is 0 Å². The standard InChI is InChI=1S/C23H21NO4/c1-15-6-5-9-17(12-15)24-14-23-11-10-18(28-23)19(20(23)21(24)25)22(26)27-13-16-7-3-2-4-8-16/h2-12,18-20H,13-14H2,1H3/t18-,19+,20+,23-/m0/s1. The van der Waals surface area contributed by atoms with Gasteiger partial charge >= 0.3 is 5.97 Å². The Hall–Kier alpha value is -2.92. The van der Waals surface area contributed by atoms with Crippen LogP contribution in [0.3, 0.4) is 0 Å². The Morgan fingerprint density at radius 1 is 1.21 bits per heavy atom. The summed E-state index contributed by atoms with van der Waals surface area (Å²) in [5.74, 6) is -1.58.